The second-order valence-corrected chi connectivity index (χ2v) is 5.43. The highest BCUT2D eigenvalue weighted by Crippen LogP contribution is 2.35. The topological polar surface area (TPSA) is 82.2 Å². The monoisotopic (exact) mass is 336 g/mol. The molecule has 0 atom stereocenters. The number of benzene rings is 1. The van der Waals surface area contributed by atoms with Gasteiger partial charge in [-0.2, -0.15) is 5.10 Å². The zero-order chi connectivity index (χ0) is 14.4. The number of hydrogen-bond donors (Lipinski definition) is 2. The molecule has 6 nitrogen and oxygen atoms in total. The molecule has 1 aliphatic rings. The fourth-order valence-corrected chi connectivity index (χ4v) is 2.42. The summed E-state index contributed by atoms with van der Waals surface area (Å²) in [6, 6.07) is 3.47. The summed E-state index contributed by atoms with van der Waals surface area (Å²) in [6.45, 7) is 3.86. The Labute approximate surface area is 124 Å². The van der Waals surface area contributed by atoms with Crippen molar-refractivity contribution < 1.29 is 9.53 Å². The third kappa shape index (κ3) is 1.94. The minimum absolute atomic E-state index is 0.0112. The fraction of sp³-hybridized carbons (Fsp3) is 0.231. The molecular weight excluding hydrogens is 324 g/mol. The Hall–Kier alpha value is -2.02. The lowest BCUT2D eigenvalue weighted by Gasteiger charge is -2.20. The van der Waals surface area contributed by atoms with Crippen LogP contribution in [0, 0.1) is 13.8 Å². The number of halogens is 1. The lowest BCUT2D eigenvalue weighted by Crippen LogP contribution is -2.25. The molecule has 20 heavy (non-hydrogen) atoms. The highest BCUT2D eigenvalue weighted by Gasteiger charge is 2.20. The lowest BCUT2D eigenvalue weighted by molar-refractivity contribution is -0.118. The molecule has 3 N–H and O–H groups in total. The summed E-state index contributed by atoms with van der Waals surface area (Å²) in [4.78, 5) is 11.4. The number of carbonyl (C=O) groups is 1. The van der Waals surface area contributed by atoms with E-state index < -0.39 is 0 Å². The molecule has 1 aliphatic heterocycles. The van der Waals surface area contributed by atoms with E-state index in [0.717, 1.165) is 15.9 Å². The number of hydrogen-bond acceptors (Lipinski definition) is 4. The summed E-state index contributed by atoms with van der Waals surface area (Å²) in [5.74, 6) is 0.397. The van der Waals surface area contributed by atoms with Crippen LogP contribution >= 0.6 is 15.9 Å². The molecule has 2 heterocycles. The van der Waals surface area contributed by atoms with Gasteiger partial charge in [0.25, 0.3) is 5.91 Å². The van der Waals surface area contributed by atoms with E-state index in [1.165, 1.54) is 0 Å². The number of fused-ring (bicyclic) bond motifs is 1. The molecule has 0 radical (unpaired) electrons. The molecule has 3 rings (SSSR count). The van der Waals surface area contributed by atoms with E-state index in [1.54, 1.807) is 16.8 Å². The van der Waals surface area contributed by atoms with E-state index in [1.807, 2.05) is 13.8 Å². The molecule has 0 unspecified atom stereocenters. The number of amides is 1. The van der Waals surface area contributed by atoms with Crippen LogP contribution in [-0.2, 0) is 4.79 Å². The van der Waals surface area contributed by atoms with Crippen molar-refractivity contribution in [1.82, 2.24) is 9.78 Å². The van der Waals surface area contributed by atoms with Crippen LogP contribution in [0.2, 0.25) is 0 Å². The molecule has 0 aliphatic carbocycles. The van der Waals surface area contributed by atoms with Crippen molar-refractivity contribution in [2.24, 2.45) is 0 Å². The third-order valence-electron chi connectivity index (χ3n) is 3.19. The number of aryl methyl sites for hydroxylation is 1. The Bertz CT molecular complexity index is 724. The van der Waals surface area contributed by atoms with E-state index in [4.69, 9.17) is 10.5 Å². The molecule has 1 amide bonds. The van der Waals surface area contributed by atoms with Gasteiger partial charge in [-0.3, -0.25) is 4.79 Å². The van der Waals surface area contributed by atoms with Gasteiger partial charge < -0.3 is 15.8 Å². The summed E-state index contributed by atoms with van der Waals surface area (Å²) in [5.41, 5.74) is 9.74. The van der Waals surface area contributed by atoms with Crippen molar-refractivity contribution in [3.05, 3.63) is 28.0 Å². The fourth-order valence-electron chi connectivity index (χ4n) is 2.17. The Morgan fingerprint density at radius 3 is 2.85 bits per heavy atom. The highest BCUT2D eigenvalue weighted by molar-refractivity contribution is 9.10. The van der Waals surface area contributed by atoms with E-state index >= 15 is 0 Å². The first-order valence-electron chi connectivity index (χ1n) is 6.05. The minimum atomic E-state index is -0.178. The first kappa shape index (κ1) is 13.0. The number of anilines is 2. The molecule has 0 saturated carbocycles. The van der Waals surface area contributed by atoms with E-state index in [9.17, 15) is 4.79 Å². The number of nitrogens with two attached hydrogens (primary N) is 1. The Morgan fingerprint density at radius 1 is 1.45 bits per heavy atom. The van der Waals surface area contributed by atoms with Gasteiger partial charge in [-0.1, -0.05) is 0 Å². The summed E-state index contributed by atoms with van der Waals surface area (Å²) < 4.78 is 8.02. The molecule has 7 heteroatoms. The number of aromatic nitrogens is 2. The zero-order valence-electron chi connectivity index (χ0n) is 11.0. The largest absolute Gasteiger partial charge is 0.482 e. The number of nitrogen functional groups attached to an aromatic ring is 1. The number of nitrogens with one attached hydrogen (secondary N) is 1. The summed E-state index contributed by atoms with van der Waals surface area (Å²) in [5, 5.41) is 7.21. The minimum Gasteiger partial charge on any atom is -0.482 e. The van der Waals surface area contributed by atoms with Gasteiger partial charge in [0, 0.05) is 6.07 Å². The molecule has 104 valence electrons. The van der Waals surface area contributed by atoms with Crippen molar-refractivity contribution >= 4 is 33.2 Å². The van der Waals surface area contributed by atoms with Crippen molar-refractivity contribution in [1.29, 1.82) is 0 Å². The second-order valence-electron chi connectivity index (χ2n) is 4.64. The van der Waals surface area contributed by atoms with Gasteiger partial charge >= 0.3 is 0 Å². The van der Waals surface area contributed by atoms with Crippen LogP contribution in [0.3, 0.4) is 0 Å². The molecule has 1 aromatic carbocycles. The van der Waals surface area contributed by atoms with Gasteiger partial charge in [-0.25, -0.2) is 4.68 Å². The number of carbonyl (C=O) groups excluding carboxylic acids is 1. The van der Waals surface area contributed by atoms with Gasteiger partial charge in [0.2, 0.25) is 0 Å². The predicted molar refractivity (Wildman–Crippen MR) is 79.3 cm³/mol. The number of rotatable bonds is 1. The number of nitrogens with zero attached hydrogens (tertiary/aromatic N) is 2. The van der Waals surface area contributed by atoms with E-state index in [-0.39, 0.29) is 12.5 Å². The first-order valence-corrected chi connectivity index (χ1v) is 6.85. The van der Waals surface area contributed by atoms with Gasteiger partial charge in [0.1, 0.15) is 5.75 Å². The Balaban J connectivity index is 2.17. The third-order valence-corrected chi connectivity index (χ3v) is 4.34. The molecular formula is C13H13BrN4O2. The summed E-state index contributed by atoms with van der Waals surface area (Å²) in [7, 11) is 0. The van der Waals surface area contributed by atoms with Gasteiger partial charge in [0.15, 0.2) is 6.61 Å². The van der Waals surface area contributed by atoms with Crippen LogP contribution < -0.4 is 15.8 Å². The van der Waals surface area contributed by atoms with E-state index in [0.29, 0.717) is 22.8 Å². The molecule has 0 spiro atoms. The predicted octanol–water partition coefficient (Wildman–Crippen LogP) is 2.16. The summed E-state index contributed by atoms with van der Waals surface area (Å²) in [6.07, 6.45) is 0. The van der Waals surface area contributed by atoms with Crippen LogP contribution in [0.5, 0.6) is 5.75 Å². The van der Waals surface area contributed by atoms with Crippen LogP contribution in [0.1, 0.15) is 11.4 Å². The van der Waals surface area contributed by atoms with Crippen molar-refractivity contribution in [3.63, 3.8) is 0 Å². The van der Waals surface area contributed by atoms with E-state index in [2.05, 4.69) is 26.3 Å². The Morgan fingerprint density at radius 2 is 2.20 bits per heavy atom. The van der Waals surface area contributed by atoms with Crippen molar-refractivity contribution in [2.45, 2.75) is 13.8 Å². The van der Waals surface area contributed by atoms with Crippen LogP contribution in [0.15, 0.2) is 16.6 Å². The van der Waals surface area contributed by atoms with Gasteiger partial charge in [-0.15, -0.1) is 0 Å². The lowest BCUT2D eigenvalue weighted by atomic mass is 10.2. The molecule has 0 fully saturated rings. The first-order chi connectivity index (χ1) is 9.47. The van der Waals surface area contributed by atoms with Crippen molar-refractivity contribution in [2.75, 3.05) is 17.7 Å². The van der Waals surface area contributed by atoms with Crippen molar-refractivity contribution in [3.8, 4) is 11.4 Å². The number of ether oxygens (including phenoxy) is 1. The SMILES string of the molecule is Cc1nn(-c2cc3c(cc2N)OCC(=O)N3)c(C)c1Br. The standard InChI is InChI=1S/C13H13BrN4O2/c1-6-13(14)7(2)18(17-6)10-4-9-11(3-8(10)15)20-5-12(19)16-9/h3-4H,5,15H2,1-2H3,(H,16,19). The maximum Gasteiger partial charge on any atom is 0.262 e. The molecule has 0 bridgehead atoms. The van der Waals surface area contributed by atoms with Crippen LogP contribution in [-0.4, -0.2) is 22.3 Å². The second kappa shape index (κ2) is 4.52. The highest BCUT2D eigenvalue weighted by atomic mass is 79.9. The zero-order valence-corrected chi connectivity index (χ0v) is 12.6. The van der Waals surface area contributed by atoms with Gasteiger partial charge in [0.05, 0.1) is 32.9 Å². The summed E-state index contributed by atoms with van der Waals surface area (Å²) >= 11 is 3.49. The molecule has 2 aromatic rings. The molecule has 1 aromatic heterocycles. The quantitative estimate of drug-likeness (QED) is 0.782. The molecule has 0 saturated heterocycles. The normalized spacial score (nSPS) is 13.7. The Kier molecular flexibility index (Phi) is 2.93. The van der Waals surface area contributed by atoms with Crippen LogP contribution in [0.4, 0.5) is 11.4 Å². The maximum atomic E-state index is 11.4. The van der Waals surface area contributed by atoms with Gasteiger partial charge in [-0.05, 0) is 35.8 Å². The maximum absolute atomic E-state index is 11.4. The average molecular weight is 337 g/mol. The smallest absolute Gasteiger partial charge is 0.262 e. The average Bonchev–Trinajstić information content (AvgIpc) is 2.66. The van der Waals surface area contributed by atoms with Crippen LogP contribution in [0.25, 0.3) is 5.69 Å².